The van der Waals surface area contributed by atoms with E-state index in [0.717, 1.165) is 25.2 Å². The number of amidine groups is 1. The molecule has 12 heavy (non-hydrogen) atoms. The van der Waals surface area contributed by atoms with Crippen LogP contribution in [0.15, 0.2) is 0 Å². The van der Waals surface area contributed by atoms with Gasteiger partial charge in [0.25, 0.3) is 0 Å². The van der Waals surface area contributed by atoms with E-state index in [1.165, 1.54) is 0 Å². The Morgan fingerprint density at radius 3 is 2.75 bits per heavy atom. The molecule has 0 aliphatic rings. The highest BCUT2D eigenvalue weighted by Crippen LogP contribution is 2.14. The third-order valence-corrected chi connectivity index (χ3v) is 3.04. The lowest BCUT2D eigenvalue weighted by atomic mass is 10.3. The van der Waals surface area contributed by atoms with Gasteiger partial charge in [0, 0.05) is 13.7 Å². The molecule has 0 spiro atoms. The third-order valence-electron chi connectivity index (χ3n) is 1.53. The minimum Gasteiger partial charge on any atom is -0.387 e. The molecule has 1 atom stereocenters. The maximum atomic E-state index is 7.26. The van der Waals surface area contributed by atoms with Crippen molar-refractivity contribution in [2.75, 3.05) is 19.5 Å². The normalized spacial score (nSPS) is 12.8. The molecule has 4 heteroatoms. The first kappa shape index (κ1) is 11.8. The second-order valence-electron chi connectivity index (χ2n) is 2.57. The summed E-state index contributed by atoms with van der Waals surface area (Å²) in [6.07, 6.45) is 1.97. The van der Waals surface area contributed by atoms with Gasteiger partial charge < -0.3 is 10.5 Å². The highest BCUT2D eigenvalue weighted by Gasteiger charge is 2.08. The first-order valence-electron chi connectivity index (χ1n) is 4.16. The van der Waals surface area contributed by atoms with Gasteiger partial charge in [-0.2, -0.15) is 11.8 Å². The molecule has 0 bridgehead atoms. The Bertz CT molecular complexity index is 130. The Morgan fingerprint density at radius 2 is 2.33 bits per heavy atom. The predicted molar refractivity (Wildman–Crippen MR) is 54.9 cm³/mol. The maximum absolute atomic E-state index is 7.26. The first-order chi connectivity index (χ1) is 5.72. The number of nitrogens with two attached hydrogens (primary N) is 1. The van der Waals surface area contributed by atoms with E-state index in [4.69, 9.17) is 15.9 Å². The molecule has 3 N–H and O–H groups in total. The summed E-state index contributed by atoms with van der Waals surface area (Å²) < 4.78 is 4.92. The van der Waals surface area contributed by atoms with Gasteiger partial charge in [0.2, 0.25) is 0 Å². The Morgan fingerprint density at radius 1 is 1.67 bits per heavy atom. The zero-order valence-electron chi connectivity index (χ0n) is 7.80. The number of ether oxygens (including phenoxy) is 1. The van der Waals surface area contributed by atoms with Crippen LogP contribution in [0.1, 0.15) is 19.8 Å². The SMILES string of the molecule is CCC(SCCCOC)C(=N)N. The topological polar surface area (TPSA) is 59.1 Å². The lowest BCUT2D eigenvalue weighted by Crippen LogP contribution is -2.24. The van der Waals surface area contributed by atoms with Gasteiger partial charge in [-0.3, -0.25) is 5.41 Å². The van der Waals surface area contributed by atoms with Crippen molar-refractivity contribution >= 4 is 17.6 Å². The smallest absolute Gasteiger partial charge is 0.104 e. The van der Waals surface area contributed by atoms with Gasteiger partial charge in [0.05, 0.1) is 5.25 Å². The highest BCUT2D eigenvalue weighted by molar-refractivity contribution is 8.00. The summed E-state index contributed by atoms with van der Waals surface area (Å²) >= 11 is 1.74. The number of methoxy groups -OCH3 is 1. The van der Waals surface area contributed by atoms with Crippen LogP contribution in [-0.4, -0.2) is 30.6 Å². The maximum Gasteiger partial charge on any atom is 0.104 e. The van der Waals surface area contributed by atoms with Crippen molar-refractivity contribution in [3.63, 3.8) is 0 Å². The molecule has 0 aromatic heterocycles. The second kappa shape index (κ2) is 7.43. The van der Waals surface area contributed by atoms with Gasteiger partial charge in [-0.25, -0.2) is 0 Å². The molecule has 0 amide bonds. The molecule has 0 heterocycles. The molecule has 0 saturated heterocycles. The van der Waals surface area contributed by atoms with E-state index in [2.05, 4.69) is 6.92 Å². The molecule has 0 aliphatic heterocycles. The monoisotopic (exact) mass is 190 g/mol. The quantitative estimate of drug-likeness (QED) is 0.363. The number of rotatable bonds is 7. The minimum absolute atomic E-state index is 0.196. The summed E-state index contributed by atoms with van der Waals surface area (Å²) in [5.41, 5.74) is 5.39. The lowest BCUT2D eigenvalue weighted by molar-refractivity contribution is 0.200. The number of thioether (sulfide) groups is 1. The average Bonchev–Trinajstić information content (AvgIpc) is 2.04. The Kier molecular flexibility index (Phi) is 7.29. The first-order valence-corrected chi connectivity index (χ1v) is 5.21. The summed E-state index contributed by atoms with van der Waals surface area (Å²) in [7, 11) is 1.70. The molecule has 72 valence electrons. The van der Waals surface area contributed by atoms with Crippen LogP contribution in [0.5, 0.6) is 0 Å². The van der Waals surface area contributed by atoms with Crippen molar-refractivity contribution in [2.45, 2.75) is 25.0 Å². The molecular formula is C8H18N2OS. The van der Waals surface area contributed by atoms with Gasteiger partial charge in [-0.15, -0.1) is 0 Å². The van der Waals surface area contributed by atoms with Crippen LogP contribution < -0.4 is 5.73 Å². The summed E-state index contributed by atoms with van der Waals surface area (Å²) in [4.78, 5) is 0. The van der Waals surface area contributed by atoms with E-state index in [-0.39, 0.29) is 5.25 Å². The van der Waals surface area contributed by atoms with Crippen LogP contribution in [0.25, 0.3) is 0 Å². The summed E-state index contributed by atoms with van der Waals surface area (Å²) in [6, 6.07) is 0. The van der Waals surface area contributed by atoms with E-state index in [1.807, 2.05) is 0 Å². The van der Waals surface area contributed by atoms with Crippen LogP contribution in [0, 0.1) is 5.41 Å². The Labute approximate surface area is 78.6 Å². The van der Waals surface area contributed by atoms with Crippen LogP contribution in [0.3, 0.4) is 0 Å². The standard InChI is InChI=1S/C8H18N2OS/c1-3-7(8(9)10)12-6-4-5-11-2/h7H,3-6H2,1-2H3,(H3,9,10). The summed E-state index contributed by atoms with van der Waals surface area (Å²) in [6.45, 7) is 2.84. The van der Waals surface area contributed by atoms with Gasteiger partial charge in [-0.1, -0.05) is 6.92 Å². The predicted octanol–water partition coefficient (Wildman–Crippen LogP) is 1.47. The molecule has 0 rings (SSSR count). The molecule has 0 radical (unpaired) electrons. The zero-order chi connectivity index (χ0) is 9.40. The Hall–Kier alpha value is -0.220. The number of hydrogen-bond acceptors (Lipinski definition) is 3. The number of hydrogen-bond donors (Lipinski definition) is 2. The average molecular weight is 190 g/mol. The minimum atomic E-state index is 0.196. The van der Waals surface area contributed by atoms with Crippen molar-refractivity contribution in [2.24, 2.45) is 5.73 Å². The molecule has 0 aromatic rings. The van der Waals surface area contributed by atoms with Crippen LogP contribution >= 0.6 is 11.8 Å². The highest BCUT2D eigenvalue weighted by atomic mass is 32.2. The van der Waals surface area contributed by atoms with Gasteiger partial charge in [-0.05, 0) is 18.6 Å². The van der Waals surface area contributed by atoms with Crippen LogP contribution in [-0.2, 0) is 4.74 Å². The molecule has 3 nitrogen and oxygen atoms in total. The van der Waals surface area contributed by atoms with Gasteiger partial charge >= 0.3 is 0 Å². The zero-order valence-corrected chi connectivity index (χ0v) is 8.62. The molecule has 0 aliphatic carbocycles. The molecule has 0 aromatic carbocycles. The van der Waals surface area contributed by atoms with Crippen molar-refractivity contribution in [3.05, 3.63) is 0 Å². The number of nitrogens with one attached hydrogen (secondary N) is 1. The van der Waals surface area contributed by atoms with Crippen molar-refractivity contribution in [1.82, 2.24) is 0 Å². The second-order valence-corrected chi connectivity index (χ2v) is 3.88. The largest absolute Gasteiger partial charge is 0.387 e. The Balaban J connectivity index is 3.38. The van der Waals surface area contributed by atoms with Gasteiger partial charge in [0.15, 0.2) is 0 Å². The van der Waals surface area contributed by atoms with E-state index >= 15 is 0 Å². The van der Waals surface area contributed by atoms with Crippen LogP contribution in [0.4, 0.5) is 0 Å². The summed E-state index contributed by atoms with van der Waals surface area (Å²) in [5.74, 6) is 1.31. The van der Waals surface area contributed by atoms with E-state index in [0.29, 0.717) is 5.84 Å². The third kappa shape index (κ3) is 5.43. The lowest BCUT2D eigenvalue weighted by Gasteiger charge is -2.11. The van der Waals surface area contributed by atoms with E-state index in [1.54, 1.807) is 18.9 Å². The van der Waals surface area contributed by atoms with Crippen molar-refractivity contribution < 1.29 is 4.74 Å². The molecule has 0 fully saturated rings. The van der Waals surface area contributed by atoms with E-state index in [9.17, 15) is 0 Å². The van der Waals surface area contributed by atoms with E-state index < -0.39 is 0 Å². The van der Waals surface area contributed by atoms with Gasteiger partial charge in [0.1, 0.15) is 5.84 Å². The fourth-order valence-electron chi connectivity index (χ4n) is 0.856. The van der Waals surface area contributed by atoms with Crippen LogP contribution in [0.2, 0.25) is 0 Å². The molecular weight excluding hydrogens is 172 g/mol. The van der Waals surface area contributed by atoms with Crippen molar-refractivity contribution in [3.8, 4) is 0 Å². The molecule has 0 saturated carbocycles. The van der Waals surface area contributed by atoms with Crippen molar-refractivity contribution in [1.29, 1.82) is 5.41 Å². The molecule has 1 unspecified atom stereocenters. The fraction of sp³-hybridized carbons (Fsp3) is 0.875. The fourth-order valence-corrected chi connectivity index (χ4v) is 1.84. The summed E-state index contributed by atoms with van der Waals surface area (Å²) in [5, 5.41) is 7.45.